The SMILES string of the molecule is CC1(C(=O)NC(c2cccs2)C2CCCC2)COCC1N. The van der Waals surface area contributed by atoms with Crippen molar-refractivity contribution in [3.05, 3.63) is 22.4 Å². The van der Waals surface area contributed by atoms with Crippen LogP contribution in [0.4, 0.5) is 0 Å². The van der Waals surface area contributed by atoms with E-state index in [2.05, 4.69) is 22.8 Å². The first-order valence-electron chi connectivity index (χ1n) is 7.79. The van der Waals surface area contributed by atoms with E-state index in [0.29, 0.717) is 19.1 Å². The number of amides is 1. The highest BCUT2D eigenvalue weighted by molar-refractivity contribution is 7.10. The minimum absolute atomic E-state index is 0.0396. The van der Waals surface area contributed by atoms with Crippen molar-refractivity contribution in [3.8, 4) is 0 Å². The number of ether oxygens (including phenoxy) is 1. The van der Waals surface area contributed by atoms with E-state index in [1.165, 1.54) is 30.6 Å². The van der Waals surface area contributed by atoms with E-state index in [4.69, 9.17) is 10.5 Å². The first kappa shape index (κ1) is 15.0. The maximum absolute atomic E-state index is 12.8. The smallest absolute Gasteiger partial charge is 0.230 e. The number of nitrogens with one attached hydrogen (secondary N) is 1. The summed E-state index contributed by atoms with van der Waals surface area (Å²) in [5, 5.41) is 5.36. The first-order valence-corrected chi connectivity index (χ1v) is 8.67. The van der Waals surface area contributed by atoms with E-state index in [9.17, 15) is 4.79 Å². The van der Waals surface area contributed by atoms with Crippen LogP contribution in [0.1, 0.15) is 43.5 Å². The van der Waals surface area contributed by atoms with E-state index in [1.807, 2.05) is 6.92 Å². The van der Waals surface area contributed by atoms with Gasteiger partial charge in [0, 0.05) is 10.9 Å². The number of hydrogen-bond donors (Lipinski definition) is 2. The Morgan fingerprint density at radius 2 is 2.29 bits per heavy atom. The number of nitrogens with two attached hydrogens (primary N) is 1. The van der Waals surface area contributed by atoms with Gasteiger partial charge in [0.05, 0.1) is 24.7 Å². The third-order valence-electron chi connectivity index (χ3n) is 5.04. The fraction of sp³-hybridized carbons (Fsp3) is 0.688. The molecule has 116 valence electrons. The Bertz CT molecular complexity index is 484. The fourth-order valence-electron chi connectivity index (χ4n) is 3.41. The number of carbonyl (C=O) groups is 1. The molecule has 0 spiro atoms. The van der Waals surface area contributed by atoms with E-state index < -0.39 is 5.41 Å². The van der Waals surface area contributed by atoms with E-state index in [1.54, 1.807) is 11.3 Å². The van der Waals surface area contributed by atoms with Crippen molar-refractivity contribution in [1.29, 1.82) is 0 Å². The number of rotatable bonds is 4. The molecule has 3 rings (SSSR count). The molecule has 1 aromatic heterocycles. The molecule has 3 unspecified atom stereocenters. The van der Waals surface area contributed by atoms with Gasteiger partial charge in [0.15, 0.2) is 0 Å². The quantitative estimate of drug-likeness (QED) is 0.898. The van der Waals surface area contributed by atoms with Crippen molar-refractivity contribution in [2.75, 3.05) is 13.2 Å². The molecular formula is C16H24N2O2S. The molecule has 1 aliphatic heterocycles. The summed E-state index contributed by atoms with van der Waals surface area (Å²) in [5.74, 6) is 0.590. The van der Waals surface area contributed by atoms with Gasteiger partial charge in [-0.3, -0.25) is 4.79 Å². The zero-order valence-electron chi connectivity index (χ0n) is 12.5. The summed E-state index contributed by atoms with van der Waals surface area (Å²) in [4.78, 5) is 14.0. The Morgan fingerprint density at radius 1 is 1.52 bits per heavy atom. The molecule has 1 saturated heterocycles. The third kappa shape index (κ3) is 2.87. The van der Waals surface area contributed by atoms with E-state index >= 15 is 0 Å². The highest BCUT2D eigenvalue weighted by Gasteiger charge is 2.45. The van der Waals surface area contributed by atoms with Crippen LogP contribution < -0.4 is 11.1 Å². The zero-order chi connectivity index (χ0) is 14.9. The molecule has 3 atom stereocenters. The highest BCUT2D eigenvalue weighted by atomic mass is 32.1. The van der Waals surface area contributed by atoms with Gasteiger partial charge in [0.1, 0.15) is 0 Å². The zero-order valence-corrected chi connectivity index (χ0v) is 13.3. The molecule has 4 nitrogen and oxygen atoms in total. The van der Waals surface area contributed by atoms with Crippen LogP contribution in [0, 0.1) is 11.3 Å². The number of thiophene rings is 1. The number of carbonyl (C=O) groups excluding carboxylic acids is 1. The summed E-state index contributed by atoms with van der Waals surface area (Å²) in [5.41, 5.74) is 5.48. The molecule has 5 heteroatoms. The predicted molar refractivity (Wildman–Crippen MR) is 84.1 cm³/mol. The van der Waals surface area contributed by atoms with Gasteiger partial charge in [-0.1, -0.05) is 18.9 Å². The molecule has 1 aliphatic carbocycles. The Labute approximate surface area is 130 Å². The average Bonchev–Trinajstić information content (AvgIpc) is 3.19. The van der Waals surface area contributed by atoms with Gasteiger partial charge in [-0.15, -0.1) is 11.3 Å². The Hall–Kier alpha value is -0.910. The molecule has 1 saturated carbocycles. The van der Waals surface area contributed by atoms with Crippen molar-refractivity contribution >= 4 is 17.2 Å². The lowest BCUT2D eigenvalue weighted by Crippen LogP contribution is -2.51. The molecule has 21 heavy (non-hydrogen) atoms. The van der Waals surface area contributed by atoms with Crippen molar-refractivity contribution in [2.24, 2.45) is 17.1 Å². The van der Waals surface area contributed by atoms with Crippen LogP contribution in [0.25, 0.3) is 0 Å². The Kier molecular flexibility index (Phi) is 4.33. The van der Waals surface area contributed by atoms with Gasteiger partial charge in [0.25, 0.3) is 0 Å². The Morgan fingerprint density at radius 3 is 2.86 bits per heavy atom. The van der Waals surface area contributed by atoms with Gasteiger partial charge < -0.3 is 15.8 Å². The number of hydrogen-bond acceptors (Lipinski definition) is 4. The van der Waals surface area contributed by atoms with Gasteiger partial charge in [-0.25, -0.2) is 0 Å². The maximum Gasteiger partial charge on any atom is 0.230 e. The molecule has 0 aromatic carbocycles. The minimum Gasteiger partial charge on any atom is -0.379 e. The lowest BCUT2D eigenvalue weighted by molar-refractivity contribution is -0.131. The Balaban J connectivity index is 1.76. The second-order valence-corrected chi connectivity index (χ2v) is 7.53. The molecular weight excluding hydrogens is 284 g/mol. The second kappa shape index (κ2) is 6.07. The summed E-state index contributed by atoms with van der Waals surface area (Å²) < 4.78 is 5.41. The highest BCUT2D eigenvalue weighted by Crippen LogP contribution is 2.38. The van der Waals surface area contributed by atoms with Crippen LogP contribution in [-0.4, -0.2) is 25.2 Å². The van der Waals surface area contributed by atoms with Crippen LogP contribution >= 0.6 is 11.3 Å². The molecule has 0 bridgehead atoms. The van der Waals surface area contributed by atoms with Gasteiger partial charge in [-0.05, 0) is 37.1 Å². The van der Waals surface area contributed by atoms with Crippen LogP contribution in [0.5, 0.6) is 0 Å². The fourth-order valence-corrected chi connectivity index (χ4v) is 4.28. The van der Waals surface area contributed by atoms with Crippen LogP contribution in [0.2, 0.25) is 0 Å². The van der Waals surface area contributed by atoms with Gasteiger partial charge in [-0.2, -0.15) is 0 Å². The van der Waals surface area contributed by atoms with Crippen LogP contribution in [0.15, 0.2) is 17.5 Å². The normalized spacial score (nSPS) is 31.4. The molecule has 0 radical (unpaired) electrons. The van der Waals surface area contributed by atoms with E-state index in [-0.39, 0.29) is 18.0 Å². The van der Waals surface area contributed by atoms with Crippen LogP contribution in [-0.2, 0) is 9.53 Å². The summed E-state index contributed by atoms with van der Waals surface area (Å²) in [6.07, 6.45) is 4.93. The summed E-state index contributed by atoms with van der Waals surface area (Å²) in [7, 11) is 0. The topological polar surface area (TPSA) is 64.3 Å². The van der Waals surface area contributed by atoms with Crippen LogP contribution in [0.3, 0.4) is 0 Å². The molecule has 2 heterocycles. The van der Waals surface area contributed by atoms with Crippen molar-refractivity contribution in [2.45, 2.75) is 44.7 Å². The summed E-state index contributed by atoms with van der Waals surface area (Å²) in [6, 6.07) is 4.09. The standard InChI is InChI=1S/C16H24N2O2S/c1-16(10-20-9-13(16)17)15(19)18-14(11-5-2-3-6-11)12-7-4-8-21-12/h4,7-8,11,13-14H,2-3,5-6,9-10,17H2,1H3,(H,18,19). The van der Waals surface area contributed by atoms with Crippen molar-refractivity contribution < 1.29 is 9.53 Å². The summed E-state index contributed by atoms with van der Waals surface area (Å²) >= 11 is 1.72. The minimum atomic E-state index is -0.603. The molecule has 1 amide bonds. The lowest BCUT2D eigenvalue weighted by Gasteiger charge is -2.31. The van der Waals surface area contributed by atoms with Gasteiger partial charge in [0.2, 0.25) is 5.91 Å². The first-order chi connectivity index (χ1) is 10.1. The third-order valence-corrected chi connectivity index (χ3v) is 6.00. The summed E-state index contributed by atoms with van der Waals surface area (Å²) in [6.45, 7) is 2.80. The van der Waals surface area contributed by atoms with Crippen molar-refractivity contribution in [3.63, 3.8) is 0 Å². The van der Waals surface area contributed by atoms with Gasteiger partial charge >= 0.3 is 0 Å². The molecule has 2 aliphatic rings. The molecule has 3 N–H and O–H groups in total. The molecule has 1 aromatic rings. The lowest BCUT2D eigenvalue weighted by atomic mass is 9.84. The predicted octanol–water partition coefficient (Wildman–Crippen LogP) is 2.46. The second-order valence-electron chi connectivity index (χ2n) is 6.55. The van der Waals surface area contributed by atoms with Crippen molar-refractivity contribution in [1.82, 2.24) is 5.32 Å². The average molecular weight is 308 g/mol. The molecule has 2 fully saturated rings. The van der Waals surface area contributed by atoms with E-state index in [0.717, 1.165) is 0 Å². The monoisotopic (exact) mass is 308 g/mol. The maximum atomic E-state index is 12.8. The largest absolute Gasteiger partial charge is 0.379 e.